The molecule has 0 bridgehead atoms. The summed E-state index contributed by atoms with van der Waals surface area (Å²) in [6.07, 6.45) is 1.79. The fourth-order valence-corrected chi connectivity index (χ4v) is 4.03. The number of rotatable bonds is 8. The molecule has 0 aromatic heterocycles. The largest absolute Gasteiger partial charge is 0.490 e. The second-order valence-corrected chi connectivity index (χ2v) is 8.33. The first kappa shape index (κ1) is 23.4. The van der Waals surface area contributed by atoms with Gasteiger partial charge in [0.05, 0.1) is 36.2 Å². The number of hydrogen-bond acceptors (Lipinski definition) is 5. The summed E-state index contributed by atoms with van der Waals surface area (Å²) < 4.78 is 17.2. The average molecular weight is 485 g/mol. The summed E-state index contributed by atoms with van der Waals surface area (Å²) in [6, 6.07) is 19.2. The number of morpholine rings is 1. The van der Waals surface area contributed by atoms with Crippen molar-refractivity contribution < 1.29 is 14.2 Å². The zero-order valence-corrected chi connectivity index (χ0v) is 20.0. The summed E-state index contributed by atoms with van der Waals surface area (Å²) in [6.45, 7) is 5.95. The van der Waals surface area contributed by atoms with E-state index in [-0.39, 0.29) is 0 Å². The van der Waals surface area contributed by atoms with Crippen LogP contribution in [0.25, 0.3) is 0 Å². The van der Waals surface area contributed by atoms with E-state index in [9.17, 15) is 0 Å². The van der Waals surface area contributed by atoms with Gasteiger partial charge in [-0.3, -0.25) is 4.99 Å². The molecule has 1 aliphatic rings. The molecule has 5 nitrogen and oxygen atoms in total. The van der Waals surface area contributed by atoms with Gasteiger partial charge in [-0.15, -0.1) is 0 Å². The number of ether oxygens (including phenoxy) is 3. The van der Waals surface area contributed by atoms with Crippen molar-refractivity contribution in [3.63, 3.8) is 0 Å². The van der Waals surface area contributed by atoms with Crippen molar-refractivity contribution >= 4 is 40.8 Å². The van der Waals surface area contributed by atoms with E-state index in [1.165, 1.54) is 0 Å². The van der Waals surface area contributed by atoms with Crippen LogP contribution < -0.4 is 14.4 Å². The minimum atomic E-state index is 0.362. The SMILES string of the molecule is CCOc1cc(C=Nc2ccc(N3CCOCC3)c(Cl)c2)ccc1OCc1ccccc1Cl. The van der Waals surface area contributed by atoms with Crippen molar-refractivity contribution in [1.29, 1.82) is 0 Å². The zero-order chi connectivity index (χ0) is 23.0. The lowest BCUT2D eigenvalue weighted by atomic mass is 10.2. The topological polar surface area (TPSA) is 43.3 Å². The summed E-state index contributed by atoms with van der Waals surface area (Å²) in [5.41, 5.74) is 3.62. The number of nitrogens with zero attached hydrogens (tertiary/aromatic N) is 2. The quantitative estimate of drug-likeness (QED) is 0.339. The molecule has 0 amide bonds. The van der Waals surface area contributed by atoms with E-state index >= 15 is 0 Å². The van der Waals surface area contributed by atoms with Crippen LogP contribution in [0.1, 0.15) is 18.1 Å². The first-order chi connectivity index (χ1) is 16.1. The molecule has 4 rings (SSSR count). The molecule has 172 valence electrons. The maximum atomic E-state index is 6.53. The summed E-state index contributed by atoms with van der Waals surface area (Å²) in [5, 5.41) is 1.36. The van der Waals surface area contributed by atoms with E-state index in [1.807, 2.05) is 67.6 Å². The van der Waals surface area contributed by atoms with Crippen LogP contribution in [0.5, 0.6) is 11.5 Å². The van der Waals surface area contributed by atoms with Crippen molar-refractivity contribution in [1.82, 2.24) is 0 Å². The summed E-state index contributed by atoms with van der Waals surface area (Å²) in [4.78, 5) is 6.82. The Balaban J connectivity index is 1.46. The fraction of sp³-hybridized carbons (Fsp3) is 0.269. The Kier molecular flexibility index (Phi) is 8.10. The molecular formula is C26H26Cl2N2O3. The normalized spacial score (nSPS) is 14.0. The molecule has 1 aliphatic heterocycles. The van der Waals surface area contributed by atoms with Gasteiger partial charge >= 0.3 is 0 Å². The van der Waals surface area contributed by atoms with Crippen LogP contribution in [0.15, 0.2) is 65.7 Å². The molecule has 0 spiro atoms. The zero-order valence-electron chi connectivity index (χ0n) is 18.5. The Morgan fingerprint density at radius 3 is 2.52 bits per heavy atom. The number of halogens is 2. The van der Waals surface area contributed by atoms with Crippen molar-refractivity contribution in [3.8, 4) is 11.5 Å². The molecule has 0 radical (unpaired) electrons. The Morgan fingerprint density at radius 2 is 1.76 bits per heavy atom. The molecule has 3 aromatic carbocycles. The molecule has 1 fully saturated rings. The summed E-state index contributed by atoms with van der Waals surface area (Å²) in [5.74, 6) is 1.32. The van der Waals surface area contributed by atoms with Gasteiger partial charge in [0.25, 0.3) is 0 Å². The van der Waals surface area contributed by atoms with Crippen LogP contribution in [0, 0.1) is 0 Å². The van der Waals surface area contributed by atoms with E-state index < -0.39 is 0 Å². The third-order valence-corrected chi connectivity index (χ3v) is 5.93. The molecular weight excluding hydrogens is 459 g/mol. The summed E-state index contributed by atoms with van der Waals surface area (Å²) in [7, 11) is 0. The van der Waals surface area contributed by atoms with Gasteiger partial charge in [0, 0.05) is 29.9 Å². The highest BCUT2D eigenvalue weighted by molar-refractivity contribution is 6.33. The molecule has 0 N–H and O–H groups in total. The maximum absolute atomic E-state index is 6.53. The predicted octanol–water partition coefficient (Wildman–Crippen LogP) is 6.56. The van der Waals surface area contributed by atoms with Gasteiger partial charge in [-0.1, -0.05) is 41.4 Å². The van der Waals surface area contributed by atoms with Crippen LogP contribution in [-0.2, 0) is 11.3 Å². The molecule has 7 heteroatoms. The Labute approximate surface area is 204 Å². The van der Waals surface area contributed by atoms with Crippen LogP contribution in [0.3, 0.4) is 0 Å². The minimum Gasteiger partial charge on any atom is -0.490 e. The number of anilines is 1. The second kappa shape index (κ2) is 11.4. The highest BCUT2D eigenvalue weighted by Crippen LogP contribution is 2.32. The molecule has 0 atom stereocenters. The standard InChI is InChI=1S/C26H26Cl2N2O3/c1-2-32-26-15-19(7-10-25(26)33-18-20-5-3-4-6-22(20)27)17-29-21-8-9-24(23(28)16-21)30-11-13-31-14-12-30/h3-10,15-17H,2,11-14,18H2,1H3. The van der Waals surface area contributed by atoms with Crippen molar-refractivity contribution in [2.75, 3.05) is 37.8 Å². The van der Waals surface area contributed by atoms with Crippen LogP contribution in [0.4, 0.5) is 11.4 Å². The molecule has 3 aromatic rings. The number of benzene rings is 3. The second-order valence-electron chi connectivity index (χ2n) is 7.51. The van der Waals surface area contributed by atoms with Gasteiger partial charge in [-0.2, -0.15) is 0 Å². The van der Waals surface area contributed by atoms with Gasteiger partial charge in [-0.05, 0) is 55.0 Å². The molecule has 0 saturated carbocycles. The van der Waals surface area contributed by atoms with E-state index in [0.29, 0.717) is 34.8 Å². The monoisotopic (exact) mass is 484 g/mol. The molecule has 0 aliphatic carbocycles. The number of hydrogen-bond donors (Lipinski definition) is 0. The summed E-state index contributed by atoms with van der Waals surface area (Å²) >= 11 is 12.8. The van der Waals surface area contributed by atoms with Crippen molar-refractivity contribution in [2.24, 2.45) is 4.99 Å². The van der Waals surface area contributed by atoms with Gasteiger partial charge in [0.15, 0.2) is 11.5 Å². The highest BCUT2D eigenvalue weighted by atomic mass is 35.5. The van der Waals surface area contributed by atoms with Crippen LogP contribution >= 0.6 is 23.2 Å². The van der Waals surface area contributed by atoms with E-state index in [4.69, 9.17) is 37.4 Å². The van der Waals surface area contributed by atoms with Gasteiger partial charge in [0.2, 0.25) is 0 Å². The molecule has 1 saturated heterocycles. The number of aliphatic imine (C=N–C) groups is 1. The fourth-order valence-electron chi connectivity index (χ4n) is 3.55. The van der Waals surface area contributed by atoms with Crippen molar-refractivity contribution in [2.45, 2.75) is 13.5 Å². The lowest BCUT2D eigenvalue weighted by Crippen LogP contribution is -2.36. The van der Waals surface area contributed by atoms with E-state index in [2.05, 4.69) is 9.89 Å². The maximum Gasteiger partial charge on any atom is 0.161 e. The first-order valence-corrected chi connectivity index (χ1v) is 11.7. The third-order valence-electron chi connectivity index (χ3n) is 5.25. The Morgan fingerprint density at radius 1 is 0.939 bits per heavy atom. The highest BCUT2D eigenvalue weighted by Gasteiger charge is 2.14. The van der Waals surface area contributed by atoms with Crippen LogP contribution in [0.2, 0.25) is 10.0 Å². The van der Waals surface area contributed by atoms with Gasteiger partial charge in [0.1, 0.15) is 6.61 Å². The smallest absolute Gasteiger partial charge is 0.161 e. The van der Waals surface area contributed by atoms with Gasteiger partial charge in [-0.25, -0.2) is 0 Å². The Hall–Kier alpha value is -2.73. The van der Waals surface area contributed by atoms with E-state index in [1.54, 1.807) is 6.21 Å². The Bertz CT molecular complexity index is 1110. The lowest BCUT2D eigenvalue weighted by Gasteiger charge is -2.29. The van der Waals surface area contributed by atoms with E-state index in [0.717, 1.165) is 48.8 Å². The van der Waals surface area contributed by atoms with Crippen molar-refractivity contribution in [3.05, 3.63) is 81.8 Å². The third kappa shape index (κ3) is 6.20. The molecule has 33 heavy (non-hydrogen) atoms. The predicted molar refractivity (Wildman–Crippen MR) is 135 cm³/mol. The lowest BCUT2D eigenvalue weighted by molar-refractivity contribution is 0.122. The average Bonchev–Trinajstić information content (AvgIpc) is 2.84. The molecule has 1 heterocycles. The van der Waals surface area contributed by atoms with Crippen LogP contribution in [-0.4, -0.2) is 39.1 Å². The minimum absolute atomic E-state index is 0.362. The molecule has 0 unspecified atom stereocenters. The van der Waals surface area contributed by atoms with Gasteiger partial charge < -0.3 is 19.1 Å². The first-order valence-electron chi connectivity index (χ1n) is 10.9.